The van der Waals surface area contributed by atoms with Crippen LogP contribution in [0.2, 0.25) is 0 Å². The highest BCUT2D eigenvalue weighted by Gasteiger charge is 2.76. The Kier molecular flexibility index (Phi) is 4.36. The van der Waals surface area contributed by atoms with Crippen molar-refractivity contribution in [2.75, 3.05) is 6.61 Å². The Morgan fingerprint density at radius 1 is 1.14 bits per heavy atom. The number of esters is 1. The normalized spacial score (nSPS) is 50.1. The SMILES string of the molecule is CC(=O)O[C@@]1(C)C(=O)C[C@H]2C(C)(C)CCC[C@]2(C)[C@@]12CC[C@@]1(CO[C@H](O)C1)O2. The molecule has 0 aromatic carbocycles. The van der Waals surface area contributed by atoms with Gasteiger partial charge in [-0.3, -0.25) is 9.59 Å². The van der Waals surface area contributed by atoms with E-state index in [1.54, 1.807) is 6.92 Å². The summed E-state index contributed by atoms with van der Waals surface area (Å²) in [5.74, 6) is -0.344. The maximum absolute atomic E-state index is 13.5. The predicted molar refractivity (Wildman–Crippen MR) is 101 cm³/mol. The number of hydrogen-bond donors (Lipinski definition) is 1. The van der Waals surface area contributed by atoms with Crippen LogP contribution < -0.4 is 0 Å². The van der Waals surface area contributed by atoms with Crippen LogP contribution in [0.4, 0.5) is 0 Å². The van der Waals surface area contributed by atoms with E-state index in [0.29, 0.717) is 32.3 Å². The third-order valence-electron chi connectivity index (χ3n) is 8.60. The zero-order valence-electron chi connectivity index (χ0n) is 17.8. The fourth-order valence-electron chi connectivity index (χ4n) is 7.23. The zero-order valence-corrected chi connectivity index (χ0v) is 17.8. The number of aliphatic hydroxyl groups excluding tert-OH is 1. The molecule has 28 heavy (non-hydrogen) atoms. The molecule has 158 valence electrons. The van der Waals surface area contributed by atoms with E-state index in [-0.39, 0.29) is 22.5 Å². The van der Waals surface area contributed by atoms with Crippen LogP contribution in [0.5, 0.6) is 0 Å². The molecule has 2 spiro atoms. The lowest BCUT2D eigenvalue weighted by Gasteiger charge is -2.65. The van der Waals surface area contributed by atoms with Crippen LogP contribution in [-0.2, 0) is 23.8 Å². The molecule has 4 aliphatic rings. The summed E-state index contributed by atoms with van der Waals surface area (Å²) in [7, 11) is 0. The number of aliphatic hydroxyl groups is 1. The second-order valence-electron chi connectivity index (χ2n) is 10.6. The molecule has 4 fully saturated rings. The molecule has 2 saturated heterocycles. The Morgan fingerprint density at radius 2 is 1.86 bits per heavy atom. The third kappa shape index (κ3) is 2.50. The first-order chi connectivity index (χ1) is 12.9. The molecule has 6 heteroatoms. The first kappa shape index (κ1) is 20.3. The van der Waals surface area contributed by atoms with Gasteiger partial charge in [-0.2, -0.15) is 0 Å². The summed E-state index contributed by atoms with van der Waals surface area (Å²) < 4.78 is 18.2. The van der Waals surface area contributed by atoms with E-state index in [4.69, 9.17) is 14.2 Å². The van der Waals surface area contributed by atoms with E-state index in [1.165, 1.54) is 6.92 Å². The van der Waals surface area contributed by atoms with Crippen molar-refractivity contribution in [2.24, 2.45) is 16.7 Å². The van der Waals surface area contributed by atoms with Gasteiger partial charge in [-0.25, -0.2) is 0 Å². The zero-order chi connectivity index (χ0) is 20.6. The lowest BCUT2D eigenvalue weighted by molar-refractivity contribution is -0.286. The fourth-order valence-corrected chi connectivity index (χ4v) is 7.23. The van der Waals surface area contributed by atoms with Crippen LogP contribution in [0.3, 0.4) is 0 Å². The molecule has 2 aliphatic heterocycles. The van der Waals surface area contributed by atoms with Gasteiger partial charge in [0.25, 0.3) is 0 Å². The number of carbonyl (C=O) groups excluding carboxylic acids is 2. The number of carbonyl (C=O) groups is 2. The van der Waals surface area contributed by atoms with Gasteiger partial charge >= 0.3 is 5.97 Å². The van der Waals surface area contributed by atoms with Gasteiger partial charge in [0.2, 0.25) is 0 Å². The van der Waals surface area contributed by atoms with Crippen molar-refractivity contribution in [3.8, 4) is 0 Å². The van der Waals surface area contributed by atoms with Gasteiger partial charge in [0, 0.05) is 25.2 Å². The van der Waals surface area contributed by atoms with Crippen molar-refractivity contribution in [3.05, 3.63) is 0 Å². The first-order valence-corrected chi connectivity index (χ1v) is 10.6. The molecule has 0 amide bonds. The quantitative estimate of drug-likeness (QED) is 0.688. The van der Waals surface area contributed by atoms with Crippen LogP contribution in [0.25, 0.3) is 0 Å². The number of rotatable bonds is 1. The average molecular weight is 395 g/mol. The molecule has 0 unspecified atom stereocenters. The van der Waals surface area contributed by atoms with Gasteiger partial charge in [-0.1, -0.05) is 27.2 Å². The van der Waals surface area contributed by atoms with Gasteiger partial charge in [0.1, 0.15) is 5.60 Å². The summed E-state index contributed by atoms with van der Waals surface area (Å²) in [5.41, 5.74) is -3.14. The van der Waals surface area contributed by atoms with Crippen LogP contribution in [0.1, 0.15) is 79.6 Å². The summed E-state index contributed by atoms with van der Waals surface area (Å²) in [4.78, 5) is 25.6. The molecule has 2 saturated carbocycles. The van der Waals surface area contributed by atoms with E-state index in [2.05, 4.69) is 20.8 Å². The standard InChI is InChI=1S/C22H34O6/c1-14(23)27-20(5)16(24)11-15-18(2,3)7-6-8-19(15,4)22(20)10-9-21(28-22)12-17(25)26-13-21/h15,17,25H,6-13H2,1-5H3/t15-,17-,19-,20-,21+,22-/m0/s1. The fraction of sp³-hybridized carbons (Fsp3) is 0.909. The molecule has 2 aliphatic carbocycles. The van der Waals surface area contributed by atoms with E-state index in [0.717, 1.165) is 19.3 Å². The molecule has 2 heterocycles. The Bertz CT molecular complexity index is 703. The second-order valence-corrected chi connectivity index (χ2v) is 10.6. The minimum absolute atomic E-state index is 0.0119. The van der Waals surface area contributed by atoms with Crippen molar-refractivity contribution in [3.63, 3.8) is 0 Å². The maximum atomic E-state index is 13.5. The number of hydrogen-bond acceptors (Lipinski definition) is 6. The molecule has 6 atom stereocenters. The highest BCUT2D eigenvalue weighted by atomic mass is 16.7. The Hall–Kier alpha value is -0.980. The third-order valence-corrected chi connectivity index (χ3v) is 8.60. The van der Waals surface area contributed by atoms with E-state index < -0.39 is 29.1 Å². The molecule has 0 aromatic rings. The van der Waals surface area contributed by atoms with Gasteiger partial charge in [0.05, 0.1) is 12.2 Å². The highest BCUT2D eigenvalue weighted by Crippen LogP contribution is 2.69. The van der Waals surface area contributed by atoms with Crippen LogP contribution in [-0.4, -0.2) is 46.6 Å². The summed E-state index contributed by atoms with van der Waals surface area (Å²) in [5, 5.41) is 9.99. The Morgan fingerprint density at radius 3 is 2.46 bits per heavy atom. The lowest BCUT2D eigenvalue weighted by Crippen LogP contribution is -2.74. The predicted octanol–water partition coefficient (Wildman–Crippen LogP) is 3.14. The average Bonchev–Trinajstić information content (AvgIpc) is 3.13. The number of fused-ring (bicyclic) bond motifs is 2. The summed E-state index contributed by atoms with van der Waals surface area (Å²) >= 11 is 0. The minimum Gasteiger partial charge on any atom is -0.448 e. The van der Waals surface area contributed by atoms with Gasteiger partial charge in [-0.15, -0.1) is 0 Å². The van der Waals surface area contributed by atoms with Crippen molar-refractivity contribution < 1.29 is 28.9 Å². The molecule has 0 aromatic heterocycles. The summed E-state index contributed by atoms with van der Waals surface area (Å²) in [6.07, 6.45) is 4.34. The van der Waals surface area contributed by atoms with Crippen molar-refractivity contribution in [2.45, 2.75) is 103 Å². The highest BCUT2D eigenvalue weighted by molar-refractivity contribution is 5.92. The Balaban J connectivity index is 1.86. The Labute approximate surface area is 167 Å². The molecule has 6 nitrogen and oxygen atoms in total. The number of Topliss-reactive ketones (excluding diaryl/α,β-unsaturated/α-hetero) is 1. The number of ketones is 1. The first-order valence-electron chi connectivity index (χ1n) is 10.6. The van der Waals surface area contributed by atoms with Crippen LogP contribution >= 0.6 is 0 Å². The van der Waals surface area contributed by atoms with Crippen molar-refractivity contribution in [1.82, 2.24) is 0 Å². The van der Waals surface area contributed by atoms with E-state index in [9.17, 15) is 14.7 Å². The van der Waals surface area contributed by atoms with E-state index in [1.807, 2.05) is 0 Å². The van der Waals surface area contributed by atoms with Crippen molar-refractivity contribution in [1.29, 1.82) is 0 Å². The lowest BCUT2D eigenvalue weighted by atomic mass is 9.43. The molecule has 0 bridgehead atoms. The minimum atomic E-state index is -1.32. The van der Waals surface area contributed by atoms with Gasteiger partial charge < -0.3 is 19.3 Å². The van der Waals surface area contributed by atoms with Crippen LogP contribution in [0, 0.1) is 16.7 Å². The van der Waals surface area contributed by atoms with Gasteiger partial charge in [0.15, 0.2) is 17.7 Å². The molecular formula is C22H34O6. The van der Waals surface area contributed by atoms with E-state index >= 15 is 0 Å². The topological polar surface area (TPSA) is 82.1 Å². The molecule has 4 rings (SSSR count). The molecular weight excluding hydrogens is 360 g/mol. The monoisotopic (exact) mass is 394 g/mol. The molecule has 1 N–H and O–H groups in total. The van der Waals surface area contributed by atoms with Crippen LogP contribution in [0.15, 0.2) is 0 Å². The largest absolute Gasteiger partial charge is 0.448 e. The number of ether oxygens (including phenoxy) is 3. The van der Waals surface area contributed by atoms with Crippen molar-refractivity contribution >= 4 is 11.8 Å². The molecule has 0 radical (unpaired) electrons. The summed E-state index contributed by atoms with van der Waals surface area (Å²) in [6, 6.07) is 0. The smallest absolute Gasteiger partial charge is 0.303 e. The second kappa shape index (κ2) is 6.02. The van der Waals surface area contributed by atoms with Gasteiger partial charge in [-0.05, 0) is 43.9 Å². The summed E-state index contributed by atoms with van der Waals surface area (Å²) in [6.45, 7) is 10.2. The maximum Gasteiger partial charge on any atom is 0.303 e.